The standard InChI is InChI=1S/C15H21NSi/c1-2-3-14-13(8-9-15(14)17)12-6-4-11(10-16)5-7-12/h4-8H,2-3,9-10,16H2,1,17H3. The molecule has 1 aromatic carbocycles. The van der Waals surface area contributed by atoms with Crippen molar-refractivity contribution in [2.24, 2.45) is 5.73 Å². The molecule has 0 heterocycles. The van der Waals surface area contributed by atoms with Gasteiger partial charge in [0.25, 0.3) is 0 Å². The van der Waals surface area contributed by atoms with Gasteiger partial charge in [-0.2, -0.15) is 0 Å². The van der Waals surface area contributed by atoms with Crippen molar-refractivity contribution in [3.8, 4) is 0 Å². The first-order chi connectivity index (χ1) is 8.26. The fourth-order valence-electron chi connectivity index (χ4n) is 2.44. The molecule has 0 fully saturated rings. The number of allylic oxidation sites excluding steroid dienone is 4. The van der Waals surface area contributed by atoms with E-state index in [2.05, 4.69) is 37.3 Å². The van der Waals surface area contributed by atoms with Gasteiger partial charge in [-0.1, -0.05) is 48.9 Å². The number of hydrogen-bond donors (Lipinski definition) is 1. The van der Waals surface area contributed by atoms with Crippen LogP contribution < -0.4 is 5.73 Å². The minimum Gasteiger partial charge on any atom is -0.326 e. The van der Waals surface area contributed by atoms with Crippen LogP contribution in [0.5, 0.6) is 0 Å². The Kier molecular flexibility index (Phi) is 3.97. The van der Waals surface area contributed by atoms with Crippen molar-refractivity contribution < 1.29 is 0 Å². The highest BCUT2D eigenvalue weighted by Crippen LogP contribution is 2.35. The van der Waals surface area contributed by atoms with Gasteiger partial charge in [-0.15, -0.1) is 0 Å². The SMILES string of the molecule is CCCC1=C([SiH3])CC=C1c1ccc(CN)cc1. The van der Waals surface area contributed by atoms with E-state index in [1.165, 1.54) is 46.2 Å². The molecule has 0 radical (unpaired) electrons. The fourth-order valence-corrected chi connectivity index (χ4v) is 3.17. The van der Waals surface area contributed by atoms with Crippen LogP contribution in [0.2, 0.25) is 0 Å². The van der Waals surface area contributed by atoms with Gasteiger partial charge in [0.15, 0.2) is 0 Å². The highest BCUT2D eigenvalue weighted by atomic mass is 28.1. The van der Waals surface area contributed by atoms with Gasteiger partial charge in [0, 0.05) is 16.8 Å². The van der Waals surface area contributed by atoms with Crippen molar-refractivity contribution in [1.82, 2.24) is 0 Å². The van der Waals surface area contributed by atoms with Crippen LogP contribution in [0, 0.1) is 0 Å². The molecular weight excluding hydrogens is 222 g/mol. The van der Waals surface area contributed by atoms with Crippen molar-refractivity contribution in [3.05, 3.63) is 52.2 Å². The molecule has 0 saturated carbocycles. The van der Waals surface area contributed by atoms with Gasteiger partial charge in [0.05, 0.1) is 0 Å². The molecule has 0 saturated heterocycles. The lowest BCUT2D eigenvalue weighted by molar-refractivity contribution is 0.928. The summed E-state index contributed by atoms with van der Waals surface area (Å²) in [4.78, 5) is 0. The minimum absolute atomic E-state index is 0.628. The zero-order chi connectivity index (χ0) is 12.3. The first-order valence-corrected chi connectivity index (χ1v) is 7.44. The van der Waals surface area contributed by atoms with E-state index in [1.54, 1.807) is 10.8 Å². The maximum atomic E-state index is 5.63. The zero-order valence-corrected chi connectivity index (χ0v) is 12.8. The van der Waals surface area contributed by atoms with E-state index in [-0.39, 0.29) is 0 Å². The molecule has 0 spiro atoms. The van der Waals surface area contributed by atoms with Crippen LogP contribution in [0.25, 0.3) is 5.57 Å². The van der Waals surface area contributed by atoms with Gasteiger partial charge >= 0.3 is 0 Å². The summed E-state index contributed by atoms with van der Waals surface area (Å²) in [5.41, 5.74) is 11.3. The molecule has 0 atom stereocenters. The third kappa shape index (κ3) is 2.59. The Bertz CT molecular complexity index is 454. The number of benzene rings is 1. The minimum atomic E-state index is 0.628. The summed E-state index contributed by atoms with van der Waals surface area (Å²) in [5, 5.41) is 1.67. The Morgan fingerprint density at radius 3 is 2.53 bits per heavy atom. The molecule has 0 amide bonds. The number of rotatable bonds is 4. The van der Waals surface area contributed by atoms with Crippen molar-refractivity contribution in [2.45, 2.75) is 32.7 Å². The van der Waals surface area contributed by atoms with Gasteiger partial charge in [-0.3, -0.25) is 0 Å². The Labute approximate surface area is 107 Å². The van der Waals surface area contributed by atoms with Crippen LogP contribution in [-0.2, 0) is 6.54 Å². The second kappa shape index (κ2) is 5.47. The van der Waals surface area contributed by atoms with E-state index in [4.69, 9.17) is 5.73 Å². The quantitative estimate of drug-likeness (QED) is 0.807. The monoisotopic (exact) mass is 243 g/mol. The summed E-state index contributed by atoms with van der Waals surface area (Å²) in [7, 11) is 1.20. The number of nitrogens with two attached hydrogens (primary N) is 1. The Morgan fingerprint density at radius 1 is 1.24 bits per heavy atom. The molecule has 2 heteroatoms. The van der Waals surface area contributed by atoms with Crippen LogP contribution in [0.15, 0.2) is 41.1 Å². The normalized spacial score (nSPS) is 15.5. The van der Waals surface area contributed by atoms with Gasteiger partial charge in [0.1, 0.15) is 0 Å². The third-order valence-electron chi connectivity index (χ3n) is 3.45. The van der Waals surface area contributed by atoms with E-state index in [1.807, 2.05) is 0 Å². The molecule has 1 aromatic rings. The summed E-state index contributed by atoms with van der Waals surface area (Å²) < 4.78 is 0. The third-order valence-corrected chi connectivity index (χ3v) is 4.47. The fraction of sp³-hybridized carbons (Fsp3) is 0.333. The summed E-state index contributed by atoms with van der Waals surface area (Å²) in [6, 6.07) is 8.71. The highest BCUT2D eigenvalue weighted by Gasteiger charge is 2.15. The van der Waals surface area contributed by atoms with Gasteiger partial charge in [-0.25, -0.2) is 0 Å². The van der Waals surface area contributed by atoms with Crippen molar-refractivity contribution in [2.75, 3.05) is 0 Å². The predicted octanol–water partition coefficient (Wildman–Crippen LogP) is 2.35. The molecule has 0 unspecified atom stereocenters. The van der Waals surface area contributed by atoms with E-state index in [0.29, 0.717) is 6.54 Å². The molecule has 1 aliphatic carbocycles. The first kappa shape index (κ1) is 12.3. The molecule has 90 valence electrons. The zero-order valence-electron chi connectivity index (χ0n) is 10.8. The highest BCUT2D eigenvalue weighted by molar-refractivity contribution is 6.24. The Morgan fingerprint density at radius 2 is 1.94 bits per heavy atom. The lowest BCUT2D eigenvalue weighted by atomic mass is 9.97. The average Bonchev–Trinajstić information content (AvgIpc) is 2.72. The van der Waals surface area contributed by atoms with Crippen LogP contribution >= 0.6 is 0 Å². The molecule has 1 aliphatic rings. The number of hydrogen-bond acceptors (Lipinski definition) is 1. The summed E-state index contributed by atoms with van der Waals surface area (Å²) in [6.07, 6.45) is 6.03. The van der Waals surface area contributed by atoms with Crippen LogP contribution in [0.4, 0.5) is 0 Å². The molecule has 17 heavy (non-hydrogen) atoms. The maximum absolute atomic E-state index is 5.63. The molecule has 0 aromatic heterocycles. The average molecular weight is 243 g/mol. The van der Waals surface area contributed by atoms with Gasteiger partial charge < -0.3 is 5.73 Å². The summed E-state index contributed by atoms with van der Waals surface area (Å²) in [5.74, 6) is 0. The van der Waals surface area contributed by atoms with Crippen LogP contribution in [-0.4, -0.2) is 10.2 Å². The van der Waals surface area contributed by atoms with Gasteiger partial charge in [0.2, 0.25) is 0 Å². The van der Waals surface area contributed by atoms with E-state index >= 15 is 0 Å². The van der Waals surface area contributed by atoms with Gasteiger partial charge in [-0.05, 0) is 35.1 Å². The lowest BCUT2D eigenvalue weighted by Crippen LogP contribution is -1.96. The lowest BCUT2D eigenvalue weighted by Gasteiger charge is -2.10. The molecule has 1 nitrogen and oxygen atoms in total. The van der Waals surface area contributed by atoms with Crippen molar-refractivity contribution in [3.63, 3.8) is 0 Å². The first-order valence-electron chi connectivity index (χ1n) is 6.44. The summed E-state index contributed by atoms with van der Waals surface area (Å²) in [6.45, 7) is 2.89. The van der Waals surface area contributed by atoms with Crippen LogP contribution in [0.3, 0.4) is 0 Å². The Balaban J connectivity index is 2.27. The van der Waals surface area contributed by atoms with E-state index < -0.39 is 0 Å². The predicted molar refractivity (Wildman–Crippen MR) is 78.8 cm³/mol. The van der Waals surface area contributed by atoms with E-state index in [0.717, 1.165) is 0 Å². The smallest absolute Gasteiger partial charge is 0.0341 e. The topological polar surface area (TPSA) is 26.0 Å². The molecular formula is C15H21NSi. The largest absolute Gasteiger partial charge is 0.326 e. The second-order valence-corrected chi connectivity index (χ2v) is 5.94. The summed E-state index contributed by atoms with van der Waals surface area (Å²) >= 11 is 0. The maximum Gasteiger partial charge on any atom is 0.0341 e. The molecule has 0 aliphatic heterocycles. The van der Waals surface area contributed by atoms with Crippen LogP contribution in [0.1, 0.15) is 37.3 Å². The molecule has 2 rings (SSSR count). The molecule has 2 N–H and O–H groups in total. The second-order valence-electron chi connectivity index (χ2n) is 4.73. The van der Waals surface area contributed by atoms with Crippen molar-refractivity contribution in [1.29, 1.82) is 0 Å². The van der Waals surface area contributed by atoms with Crippen molar-refractivity contribution >= 4 is 15.8 Å². The Hall–Kier alpha value is -1.12. The van der Waals surface area contributed by atoms with E-state index in [9.17, 15) is 0 Å². The molecule has 0 bridgehead atoms.